The summed E-state index contributed by atoms with van der Waals surface area (Å²) in [4.78, 5) is 11.4. The molecule has 1 aromatic carbocycles. The summed E-state index contributed by atoms with van der Waals surface area (Å²) in [6, 6.07) is 3.06. The van der Waals surface area contributed by atoms with Crippen LogP contribution >= 0.6 is 11.6 Å². The molecule has 1 amide bonds. The highest BCUT2D eigenvalue weighted by molar-refractivity contribution is 6.31. The number of carbonyl (C=O) groups is 1. The van der Waals surface area contributed by atoms with E-state index in [1.165, 1.54) is 6.07 Å². The molecule has 0 radical (unpaired) electrons. The molecule has 0 aromatic heterocycles. The molecule has 0 spiro atoms. The average molecular weight is 214 g/mol. The second-order valence-electron chi connectivity index (χ2n) is 2.98. The molecule has 0 aliphatic heterocycles. The molecule has 0 bridgehead atoms. The van der Waals surface area contributed by atoms with Gasteiger partial charge in [0, 0.05) is 11.6 Å². The van der Waals surface area contributed by atoms with Crippen molar-refractivity contribution in [2.45, 2.75) is 13.8 Å². The molecule has 0 saturated carbocycles. The molecule has 4 heteroatoms. The summed E-state index contributed by atoms with van der Waals surface area (Å²) in [7, 11) is 0. The van der Waals surface area contributed by atoms with E-state index in [9.17, 15) is 9.90 Å². The molecule has 0 aliphatic rings. The van der Waals surface area contributed by atoms with Crippen LogP contribution < -0.4 is 5.32 Å². The van der Waals surface area contributed by atoms with Crippen LogP contribution in [-0.4, -0.2) is 17.6 Å². The van der Waals surface area contributed by atoms with Crippen LogP contribution in [0.5, 0.6) is 5.75 Å². The van der Waals surface area contributed by atoms with Gasteiger partial charge in [-0.05, 0) is 31.5 Å². The first-order valence-electron chi connectivity index (χ1n) is 4.33. The van der Waals surface area contributed by atoms with Crippen molar-refractivity contribution in [3.8, 4) is 5.75 Å². The maximum absolute atomic E-state index is 11.4. The normalized spacial score (nSPS) is 9.93. The molecule has 0 atom stereocenters. The highest BCUT2D eigenvalue weighted by atomic mass is 35.5. The van der Waals surface area contributed by atoms with Gasteiger partial charge in [-0.15, -0.1) is 0 Å². The van der Waals surface area contributed by atoms with Crippen molar-refractivity contribution < 1.29 is 9.90 Å². The van der Waals surface area contributed by atoms with Gasteiger partial charge in [-0.3, -0.25) is 4.79 Å². The van der Waals surface area contributed by atoms with Gasteiger partial charge in [-0.2, -0.15) is 0 Å². The monoisotopic (exact) mass is 213 g/mol. The van der Waals surface area contributed by atoms with Crippen LogP contribution in [0.4, 0.5) is 0 Å². The summed E-state index contributed by atoms with van der Waals surface area (Å²) in [5, 5.41) is 12.6. The number of phenolic OH excluding ortho intramolecular Hbond substituents is 1. The Hall–Kier alpha value is -1.22. The number of hydrogen-bond acceptors (Lipinski definition) is 2. The molecule has 0 aliphatic carbocycles. The second-order valence-corrected chi connectivity index (χ2v) is 3.41. The third-order valence-electron chi connectivity index (χ3n) is 1.85. The summed E-state index contributed by atoms with van der Waals surface area (Å²) in [5.41, 5.74) is 0.815. The SMILES string of the molecule is CCNC(=O)c1cc(Cl)cc(C)c1O. The Bertz CT molecular complexity index is 363. The van der Waals surface area contributed by atoms with Crippen LogP contribution in [0.1, 0.15) is 22.8 Å². The molecule has 14 heavy (non-hydrogen) atoms. The van der Waals surface area contributed by atoms with Crippen LogP contribution in [-0.2, 0) is 0 Å². The van der Waals surface area contributed by atoms with Crippen LogP contribution in [0.3, 0.4) is 0 Å². The number of aryl methyl sites for hydroxylation is 1. The third-order valence-corrected chi connectivity index (χ3v) is 2.07. The minimum atomic E-state index is -0.310. The highest BCUT2D eigenvalue weighted by Gasteiger charge is 2.12. The fourth-order valence-corrected chi connectivity index (χ4v) is 1.44. The van der Waals surface area contributed by atoms with Crippen molar-refractivity contribution in [3.05, 3.63) is 28.3 Å². The molecule has 2 N–H and O–H groups in total. The number of nitrogens with one attached hydrogen (secondary N) is 1. The molecular formula is C10H12ClNO2. The Morgan fingerprint density at radius 3 is 2.79 bits per heavy atom. The first-order valence-corrected chi connectivity index (χ1v) is 4.71. The van der Waals surface area contributed by atoms with E-state index in [4.69, 9.17) is 11.6 Å². The van der Waals surface area contributed by atoms with Gasteiger partial charge >= 0.3 is 0 Å². The fourth-order valence-electron chi connectivity index (χ4n) is 1.16. The Balaban J connectivity index is 3.13. The second kappa shape index (κ2) is 4.33. The van der Waals surface area contributed by atoms with Gasteiger partial charge in [0.15, 0.2) is 0 Å². The van der Waals surface area contributed by atoms with Crippen LogP contribution in [0, 0.1) is 6.92 Å². The van der Waals surface area contributed by atoms with Crippen LogP contribution in [0.15, 0.2) is 12.1 Å². The number of phenols is 1. The largest absolute Gasteiger partial charge is 0.507 e. The van der Waals surface area contributed by atoms with E-state index in [1.54, 1.807) is 13.0 Å². The quantitative estimate of drug-likeness (QED) is 0.791. The predicted molar refractivity (Wildman–Crippen MR) is 55.9 cm³/mol. The lowest BCUT2D eigenvalue weighted by Gasteiger charge is -2.07. The summed E-state index contributed by atoms with van der Waals surface area (Å²) in [6.07, 6.45) is 0. The lowest BCUT2D eigenvalue weighted by Crippen LogP contribution is -2.22. The van der Waals surface area contributed by atoms with E-state index in [0.29, 0.717) is 17.1 Å². The van der Waals surface area contributed by atoms with Gasteiger partial charge in [0.25, 0.3) is 5.91 Å². The highest BCUT2D eigenvalue weighted by Crippen LogP contribution is 2.26. The van der Waals surface area contributed by atoms with Crippen LogP contribution in [0.25, 0.3) is 0 Å². The summed E-state index contributed by atoms with van der Waals surface area (Å²) in [6.45, 7) is 4.03. The van der Waals surface area contributed by atoms with Gasteiger partial charge < -0.3 is 10.4 Å². The molecular weight excluding hydrogens is 202 g/mol. The smallest absolute Gasteiger partial charge is 0.255 e. The van der Waals surface area contributed by atoms with Gasteiger partial charge in [0.05, 0.1) is 5.56 Å². The number of amides is 1. The fraction of sp³-hybridized carbons (Fsp3) is 0.300. The van der Waals surface area contributed by atoms with Gasteiger partial charge in [0.1, 0.15) is 5.75 Å². The molecule has 0 fully saturated rings. The number of aromatic hydroxyl groups is 1. The standard InChI is InChI=1S/C10H12ClNO2/c1-3-12-10(14)8-5-7(11)4-6(2)9(8)13/h4-5,13H,3H2,1-2H3,(H,12,14). The van der Waals surface area contributed by atoms with Gasteiger partial charge in [-0.1, -0.05) is 11.6 Å². The first kappa shape index (κ1) is 10.9. The molecule has 1 rings (SSSR count). The molecule has 0 saturated heterocycles. The molecule has 1 aromatic rings. The molecule has 3 nitrogen and oxygen atoms in total. The number of halogens is 1. The van der Waals surface area contributed by atoms with Crippen molar-refractivity contribution in [2.24, 2.45) is 0 Å². The maximum Gasteiger partial charge on any atom is 0.255 e. The Kier molecular flexibility index (Phi) is 3.36. The number of rotatable bonds is 2. The Morgan fingerprint density at radius 1 is 1.57 bits per heavy atom. The van der Waals surface area contributed by atoms with E-state index in [1.807, 2.05) is 6.92 Å². The van der Waals surface area contributed by atoms with E-state index in [2.05, 4.69) is 5.32 Å². The molecule has 76 valence electrons. The van der Waals surface area contributed by atoms with E-state index in [0.717, 1.165) is 0 Å². The number of benzene rings is 1. The third kappa shape index (κ3) is 2.17. The zero-order chi connectivity index (χ0) is 10.7. The Labute approximate surface area is 87.7 Å². The number of hydrogen-bond donors (Lipinski definition) is 2. The predicted octanol–water partition coefficient (Wildman–Crippen LogP) is 2.10. The van der Waals surface area contributed by atoms with Crippen LogP contribution in [0.2, 0.25) is 5.02 Å². The maximum atomic E-state index is 11.4. The summed E-state index contributed by atoms with van der Waals surface area (Å²) < 4.78 is 0. The topological polar surface area (TPSA) is 49.3 Å². The van der Waals surface area contributed by atoms with E-state index in [-0.39, 0.29) is 17.2 Å². The minimum absolute atomic E-state index is 0.0136. The van der Waals surface area contributed by atoms with Gasteiger partial charge in [-0.25, -0.2) is 0 Å². The summed E-state index contributed by atoms with van der Waals surface area (Å²) >= 11 is 5.78. The zero-order valence-electron chi connectivity index (χ0n) is 8.10. The Morgan fingerprint density at radius 2 is 2.21 bits per heavy atom. The molecule has 0 unspecified atom stereocenters. The van der Waals surface area contributed by atoms with Crippen molar-refractivity contribution in [2.75, 3.05) is 6.54 Å². The van der Waals surface area contributed by atoms with Gasteiger partial charge in [0.2, 0.25) is 0 Å². The van der Waals surface area contributed by atoms with E-state index < -0.39 is 0 Å². The first-order chi connectivity index (χ1) is 6.56. The lowest BCUT2D eigenvalue weighted by molar-refractivity contribution is 0.0953. The van der Waals surface area contributed by atoms with Crippen molar-refractivity contribution in [1.82, 2.24) is 5.32 Å². The number of carbonyl (C=O) groups excluding carboxylic acids is 1. The van der Waals surface area contributed by atoms with Crippen molar-refractivity contribution in [1.29, 1.82) is 0 Å². The molecule has 0 heterocycles. The zero-order valence-corrected chi connectivity index (χ0v) is 8.85. The van der Waals surface area contributed by atoms with Crippen molar-refractivity contribution >= 4 is 17.5 Å². The van der Waals surface area contributed by atoms with E-state index >= 15 is 0 Å². The lowest BCUT2D eigenvalue weighted by atomic mass is 10.1. The summed E-state index contributed by atoms with van der Waals surface area (Å²) in [5.74, 6) is -0.323. The minimum Gasteiger partial charge on any atom is -0.507 e. The average Bonchev–Trinajstić information content (AvgIpc) is 2.11. The van der Waals surface area contributed by atoms with Crippen molar-refractivity contribution in [3.63, 3.8) is 0 Å².